The van der Waals surface area contributed by atoms with Crippen LogP contribution in [0.4, 0.5) is 0 Å². The number of carbonyl (C=O) groups is 2. The molecule has 2 amide bonds. The van der Waals surface area contributed by atoms with Gasteiger partial charge < -0.3 is 4.43 Å². The average Bonchev–Trinajstić information content (AvgIpc) is 2.67. The zero-order valence-electron chi connectivity index (χ0n) is 13.7. The molecule has 1 aliphatic rings. The first kappa shape index (κ1) is 16.6. The van der Waals surface area contributed by atoms with Crippen molar-refractivity contribution in [1.82, 2.24) is 4.90 Å². The number of imide groups is 1. The molecule has 2 rings (SSSR count). The van der Waals surface area contributed by atoms with Crippen molar-refractivity contribution in [2.75, 3.05) is 6.73 Å². The van der Waals surface area contributed by atoms with E-state index in [1.54, 1.807) is 24.3 Å². The molecule has 0 aromatic heterocycles. The van der Waals surface area contributed by atoms with E-state index in [4.69, 9.17) is 4.43 Å². The number of benzene rings is 1. The number of amides is 2. The third-order valence-electron chi connectivity index (χ3n) is 4.33. The molecule has 0 bridgehead atoms. The summed E-state index contributed by atoms with van der Waals surface area (Å²) in [7, 11) is -1.88. The second-order valence-electron chi connectivity index (χ2n) is 6.86. The predicted octanol–water partition coefficient (Wildman–Crippen LogP) is 3.29. The highest BCUT2D eigenvalue weighted by Crippen LogP contribution is 2.36. The first-order valence-electron chi connectivity index (χ1n) is 7.26. The smallest absolute Gasteiger partial charge is 0.266 e. The molecule has 0 atom stereocenters. The van der Waals surface area contributed by atoms with Crippen LogP contribution in [0, 0.1) is 0 Å². The van der Waals surface area contributed by atoms with Crippen molar-refractivity contribution in [3.8, 4) is 0 Å². The summed E-state index contributed by atoms with van der Waals surface area (Å²) in [5, 5.41) is 0.0953. The molecule has 0 saturated carbocycles. The van der Waals surface area contributed by atoms with Gasteiger partial charge in [-0.15, -0.1) is 0 Å². The van der Waals surface area contributed by atoms with Gasteiger partial charge in [-0.2, -0.15) is 0 Å². The zero-order chi connectivity index (χ0) is 16.5. The summed E-state index contributed by atoms with van der Waals surface area (Å²) in [5.41, 5.74) is 0.841. The summed E-state index contributed by atoms with van der Waals surface area (Å²) in [4.78, 5) is 29.4. The second kappa shape index (κ2) is 5.77. The van der Waals surface area contributed by atoms with Gasteiger partial charge in [0, 0.05) is 0 Å². The van der Waals surface area contributed by atoms with Crippen LogP contribution in [-0.2, 0) is 4.43 Å². The average molecular weight is 318 g/mol. The van der Waals surface area contributed by atoms with E-state index in [0.29, 0.717) is 11.1 Å². The van der Waals surface area contributed by atoms with Crippen LogP contribution >= 0.6 is 0 Å². The minimum atomic E-state index is -1.88. The van der Waals surface area contributed by atoms with Crippen LogP contribution in [0.5, 0.6) is 0 Å². The molecule has 0 saturated heterocycles. The number of carbonyl (C=O) groups excluding carboxylic acids is 2. The highest BCUT2D eigenvalue weighted by molar-refractivity contribution is 6.74. The van der Waals surface area contributed by atoms with Crippen LogP contribution in [-0.4, -0.2) is 38.1 Å². The number of rotatable bonds is 4. The van der Waals surface area contributed by atoms with Crippen LogP contribution in [0.25, 0.3) is 0 Å². The molecule has 6 heteroatoms. The predicted molar refractivity (Wildman–Crippen MR) is 88.6 cm³/mol. The SMILES string of the molecule is CC(C)(C)[Si](C)(C)OCN=CN1C(=O)c2ccccc2C1=O. The molecule has 1 aromatic carbocycles. The summed E-state index contributed by atoms with van der Waals surface area (Å²) >= 11 is 0. The van der Waals surface area contributed by atoms with E-state index in [9.17, 15) is 9.59 Å². The highest BCUT2D eigenvalue weighted by atomic mass is 28.4. The van der Waals surface area contributed by atoms with E-state index >= 15 is 0 Å². The molecule has 0 radical (unpaired) electrons. The number of aliphatic imine (C=N–C) groups is 1. The number of nitrogens with zero attached hydrogens (tertiary/aromatic N) is 2. The van der Waals surface area contributed by atoms with Crippen LogP contribution in [0.3, 0.4) is 0 Å². The molecule has 0 fully saturated rings. The summed E-state index contributed by atoms with van der Waals surface area (Å²) in [6.07, 6.45) is 1.28. The fraction of sp³-hybridized carbons (Fsp3) is 0.438. The maximum Gasteiger partial charge on any atom is 0.266 e. The maximum absolute atomic E-state index is 12.1. The Morgan fingerprint density at radius 3 is 2.09 bits per heavy atom. The van der Waals surface area contributed by atoms with E-state index < -0.39 is 8.32 Å². The van der Waals surface area contributed by atoms with Crippen molar-refractivity contribution in [3.05, 3.63) is 35.4 Å². The lowest BCUT2D eigenvalue weighted by molar-refractivity contribution is 0.0754. The Kier molecular flexibility index (Phi) is 4.35. The van der Waals surface area contributed by atoms with Crippen molar-refractivity contribution >= 4 is 26.5 Å². The monoisotopic (exact) mass is 318 g/mol. The molecular formula is C16H22N2O3Si. The minimum Gasteiger partial charge on any atom is -0.398 e. The van der Waals surface area contributed by atoms with Crippen LogP contribution < -0.4 is 0 Å². The first-order chi connectivity index (χ1) is 10.1. The van der Waals surface area contributed by atoms with Gasteiger partial charge >= 0.3 is 0 Å². The Bertz CT molecular complexity index is 598. The molecule has 0 aliphatic carbocycles. The fourth-order valence-electron chi connectivity index (χ4n) is 1.84. The maximum atomic E-state index is 12.1. The molecule has 118 valence electrons. The topological polar surface area (TPSA) is 59.0 Å². The Labute approximate surface area is 132 Å². The lowest BCUT2D eigenvalue weighted by Gasteiger charge is -2.35. The molecule has 1 aliphatic heterocycles. The largest absolute Gasteiger partial charge is 0.398 e. The molecule has 5 nitrogen and oxygen atoms in total. The van der Waals surface area contributed by atoms with Gasteiger partial charge in [-0.3, -0.25) is 9.59 Å². The molecular weight excluding hydrogens is 296 g/mol. The summed E-state index contributed by atoms with van der Waals surface area (Å²) in [5.74, 6) is -0.673. The Morgan fingerprint density at radius 2 is 1.64 bits per heavy atom. The quantitative estimate of drug-likeness (QED) is 0.370. The molecule has 0 spiro atoms. The van der Waals surface area contributed by atoms with Gasteiger partial charge in [-0.25, -0.2) is 9.89 Å². The summed E-state index contributed by atoms with van der Waals surface area (Å²) in [6.45, 7) is 10.9. The first-order valence-corrected chi connectivity index (χ1v) is 10.2. The normalized spacial score (nSPS) is 15.8. The minimum absolute atomic E-state index is 0.0953. The van der Waals surface area contributed by atoms with Crippen molar-refractivity contribution in [1.29, 1.82) is 0 Å². The van der Waals surface area contributed by atoms with Crippen molar-refractivity contribution < 1.29 is 14.0 Å². The van der Waals surface area contributed by atoms with Crippen LogP contribution in [0.15, 0.2) is 29.3 Å². The van der Waals surface area contributed by atoms with Crippen LogP contribution in [0.2, 0.25) is 18.1 Å². The highest BCUT2D eigenvalue weighted by Gasteiger charge is 2.37. The van der Waals surface area contributed by atoms with Gasteiger partial charge in [0.2, 0.25) is 0 Å². The van der Waals surface area contributed by atoms with Crippen LogP contribution in [0.1, 0.15) is 41.5 Å². The van der Waals surface area contributed by atoms with E-state index in [2.05, 4.69) is 38.9 Å². The lowest BCUT2D eigenvalue weighted by atomic mass is 10.1. The van der Waals surface area contributed by atoms with Gasteiger partial charge in [-0.05, 0) is 30.3 Å². The molecule has 0 N–H and O–H groups in total. The van der Waals surface area contributed by atoms with Gasteiger partial charge in [0.1, 0.15) is 13.1 Å². The Balaban J connectivity index is 2.02. The van der Waals surface area contributed by atoms with Gasteiger partial charge in [0.05, 0.1) is 11.1 Å². The standard InChI is InChI=1S/C16H22N2O3Si/c1-16(2,3)22(4,5)21-11-17-10-18-14(19)12-8-6-7-9-13(12)15(18)20/h6-10H,11H2,1-5H3. The van der Waals surface area contributed by atoms with Crippen molar-refractivity contribution in [3.63, 3.8) is 0 Å². The van der Waals surface area contributed by atoms with Crippen molar-refractivity contribution in [2.45, 2.75) is 38.9 Å². The van der Waals surface area contributed by atoms with Gasteiger partial charge in [0.15, 0.2) is 8.32 Å². The third-order valence-corrected chi connectivity index (χ3v) is 8.79. The Morgan fingerprint density at radius 1 is 1.14 bits per heavy atom. The second-order valence-corrected chi connectivity index (χ2v) is 11.7. The summed E-state index contributed by atoms with van der Waals surface area (Å²) < 4.78 is 5.89. The molecule has 0 unspecified atom stereocenters. The fourth-order valence-corrected chi connectivity index (χ4v) is 2.67. The van der Waals surface area contributed by atoms with E-state index in [0.717, 1.165) is 4.90 Å². The number of fused-ring (bicyclic) bond motifs is 1. The van der Waals surface area contributed by atoms with Gasteiger partial charge in [-0.1, -0.05) is 32.9 Å². The number of hydrogen-bond donors (Lipinski definition) is 0. The number of hydrogen-bond acceptors (Lipinski definition) is 4. The molecule has 22 heavy (non-hydrogen) atoms. The van der Waals surface area contributed by atoms with E-state index in [-0.39, 0.29) is 23.6 Å². The van der Waals surface area contributed by atoms with E-state index in [1.165, 1.54) is 6.34 Å². The van der Waals surface area contributed by atoms with Crippen molar-refractivity contribution in [2.24, 2.45) is 4.99 Å². The molecule has 1 aromatic rings. The third kappa shape index (κ3) is 3.03. The van der Waals surface area contributed by atoms with E-state index in [1.807, 2.05) is 0 Å². The Hall–Kier alpha value is -1.79. The molecule has 1 heterocycles. The zero-order valence-corrected chi connectivity index (χ0v) is 14.7. The van der Waals surface area contributed by atoms with Gasteiger partial charge in [0.25, 0.3) is 11.8 Å². The summed E-state index contributed by atoms with van der Waals surface area (Å²) in [6, 6.07) is 6.78. The lowest BCUT2D eigenvalue weighted by Crippen LogP contribution is -2.40.